The van der Waals surface area contributed by atoms with Crippen molar-refractivity contribution in [2.45, 2.75) is 88.9 Å². The zero-order valence-electron chi connectivity index (χ0n) is 28.4. The summed E-state index contributed by atoms with van der Waals surface area (Å²) in [7, 11) is 1.11. The quantitative estimate of drug-likeness (QED) is 0.181. The van der Waals surface area contributed by atoms with Crippen LogP contribution in [0.3, 0.4) is 0 Å². The molecule has 15 heteroatoms. The molecule has 0 spiro atoms. The molecule has 48 heavy (non-hydrogen) atoms. The van der Waals surface area contributed by atoms with Crippen molar-refractivity contribution in [3.05, 3.63) is 58.8 Å². The van der Waals surface area contributed by atoms with Gasteiger partial charge >= 0.3 is 0 Å². The Labute approximate surface area is 281 Å². The number of sulfonamides is 1. The van der Waals surface area contributed by atoms with Crippen molar-refractivity contribution in [1.82, 2.24) is 19.7 Å². The molecule has 1 aliphatic rings. The first-order chi connectivity index (χ1) is 22.4. The number of aliphatic hydroxyl groups is 3. The Balaban J connectivity index is 1.32. The van der Waals surface area contributed by atoms with Crippen LogP contribution in [-0.2, 0) is 37.2 Å². The van der Waals surface area contributed by atoms with E-state index in [2.05, 4.69) is 15.0 Å². The van der Waals surface area contributed by atoms with Gasteiger partial charge < -0.3 is 34.4 Å². The van der Waals surface area contributed by atoms with Crippen LogP contribution in [0.2, 0.25) is 0 Å². The van der Waals surface area contributed by atoms with Gasteiger partial charge in [-0.25, -0.2) is 17.8 Å². The predicted octanol–water partition coefficient (Wildman–Crippen LogP) is 1.94. The first kappa shape index (κ1) is 37.4. The topological polar surface area (TPSA) is 192 Å². The smallest absolute Gasteiger partial charge is 0.251 e. The standard InChI is InChI=1S/C33H46N6O8S/c1-32(2,36-48(43,44)26(18-34)15-21-8-9-23-16-25(38(5)6)11-10-22(23)14-21)12-13-46-33(3,4)17-24-19-39(37-35-24)20-27-28(40)29(41)30(42)31(45-7)47-27/h8-11,14-16,19,27-31,36,40-42H,12-13,17,20H2,1-7H3. The molecule has 5 atom stereocenters. The third-order valence-corrected chi connectivity index (χ3v) is 9.76. The van der Waals surface area contributed by atoms with Gasteiger partial charge in [-0.1, -0.05) is 23.4 Å². The number of methoxy groups -OCH3 is 1. The van der Waals surface area contributed by atoms with Gasteiger partial charge in [0, 0.05) is 51.7 Å². The number of allylic oxidation sites excluding steroid dienone is 1. The molecule has 0 amide bonds. The number of rotatable bonds is 14. The molecule has 2 heterocycles. The average molecular weight is 687 g/mol. The summed E-state index contributed by atoms with van der Waals surface area (Å²) in [6.07, 6.45) is -2.44. The highest BCUT2D eigenvalue weighted by atomic mass is 32.2. The van der Waals surface area contributed by atoms with E-state index >= 15 is 0 Å². The molecule has 2 aromatic carbocycles. The number of benzene rings is 2. The number of nitrogens with one attached hydrogen (secondary N) is 1. The van der Waals surface area contributed by atoms with Crippen molar-refractivity contribution in [3.8, 4) is 6.07 Å². The molecule has 1 fully saturated rings. The lowest BCUT2D eigenvalue weighted by Gasteiger charge is -2.39. The minimum Gasteiger partial charge on any atom is -0.388 e. The van der Waals surface area contributed by atoms with Crippen LogP contribution in [0, 0.1) is 11.3 Å². The number of anilines is 1. The minimum atomic E-state index is -4.14. The highest BCUT2D eigenvalue weighted by molar-refractivity contribution is 7.93. The van der Waals surface area contributed by atoms with Crippen LogP contribution >= 0.6 is 0 Å². The molecule has 262 valence electrons. The van der Waals surface area contributed by atoms with Gasteiger partial charge in [-0.05, 0) is 74.7 Å². The van der Waals surface area contributed by atoms with Crippen LogP contribution < -0.4 is 9.62 Å². The first-order valence-corrected chi connectivity index (χ1v) is 17.0. The molecule has 1 aromatic heterocycles. The summed E-state index contributed by atoms with van der Waals surface area (Å²) < 4.78 is 47.4. The number of fused-ring (bicyclic) bond motifs is 1. The summed E-state index contributed by atoms with van der Waals surface area (Å²) >= 11 is 0. The monoisotopic (exact) mass is 686 g/mol. The molecule has 5 unspecified atom stereocenters. The highest BCUT2D eigenvalue weighted by Crippen LogP contribution is 2.26. The Morgan fingerprint density at radius 1 is 1.10 bits per heavy atom. The van der Waals surface area contributed by atoms with E-state index in [1.165, 1.54) is 17.9 Å². The molecule has 1 saturated heterocycles. The van der Waals surface area contributed by atoms with Gasteiger partial charge in [0.25, 0.3) is 10.0 Å². The molecule has 14 nitrogen and oxygen atoms in total. The van der Waals surface area contributed by atoms with Gasteiger partial charge in [0.15, 0.2) is 11.2 Å². The van der Waals surface area contributed by atoms with E-state index in [0.717, 1.165) is 16.5 Å². The maximum absolute atomic E-state index is 13.3. The lowest BCUT2D eigenvalue weighted by Crippen LogP contribution is -2.58. The maximum atomic E-state index is 13.3. The number of hydrogen-bond donors (Lipinski definition) is 4. The van der Waals surface area contributed by atoms with Gasteiger partial charge in [-0.2, -0.15) is 5.26 Å². The zero-order valence-corrected chi connectivity index (χ0v) is 29.2. The van der Waals surface area contributed by atoms with E-state index in [1.54, 1.807) is 26.1 Å². The zero-order chi connectivity index (χ0) is 35.4. The van der Waals surface area contributed by atoms with Gasteiger partial charge in [0.05, 0.1) is 17.8 Å². The first-order valence-electron chi connectivity index (χ1n) is 15.6. The Kier molecular flexibility index (Phi) is 11.7. The van der Waals surface area contributed by atoms with Crippen molar-refractivity contribution >= 4 is 32.6 Å². The third-order valence-electron chi connectivity index (χ3n) is 8.15. The molecule has 3 aromatic rings. The summed E-state index contributed by atoms with van der Waals surface area (Å²) in [5, 5.41) is 50.4. The number of nitriles is 1. The van der Waals surface area contributed by atoms with Crippen LogP contribution in [-0.4, -0.2) is 108 Å². The molecular weight excluding hydrogens is 640 g/mol. The minimum absolute atomic E-state index is 0.0606. The molecular formula is C33H46N6O8S. The second-order valence-electron chi connectivity index (χ2n) is 13.5. The second-order valence-corrected chi connectivity index (χ2v) is 15.2. The van der Waals surface area contributed by atoms with Gasteiger partial charge in [-0.3, -0.25) is 0 Å². The van der Waals surface area contributed by atoms with Crippen molar-refractivity contribution in [3.63, 3.8) is 0 Å². The van der Waals surface area contributed by atoms with Crippen LogP contribution in [0.15, 0.2) is 47.5 Å². The largest absolute Gasteiger partial charge is 0.388 e. The van der Waals surface area contributed by atoms with E-state index in [4.69, 9.17) is 14.2 Å². The van der Waals surface area contributed by atoms with Gasteiger partial charge in [-0.15, -0.1) is 5.10 Å². The Hall–Kier alpha value is -3.46. The predicted molar refractivity (Wildman–Crippen MR) is 180 cm³/mol. The van der Waals surface area contributed by atoms with E-state index in [-0.39, 0.29) is 13.2 Å². The van der Waals surface area contributed by atoms with Crippen molar-refractivity contribution < 1.29 is 37.9 Å². The van der Waals surface area contributed by atoms with Crippen molar-refractivity contribution in [1.29, 1.82) is 5.26 Å². The van der Waals surface area contributed by atoms with Crippen LogP contribution in [0.5, 0.6) is 0 Å². The van der Waals surface area contributed by atoms with Crippen molar-refractivity contribution in [2.24, 2.45) is 0 Å². The third kappa shape index (κ3) is 9.36. The number of hydrogen-bond acceptors (Lipinski definition) is 12. The molecule has 4 N–H and O–H groups in total. The molecule has 1 aliphatic heterocycles. The van der Waals surface area contributed by atoms with Crippen LogP contribution in [0.25, 0.3) is 16.8 Å². The van der Waals surface area contributed by atoms with Crippen molar-refractivity contribution in [2.75, 3.05) is 32.7 Å². The fraction of sp³-hybridized carbons (Fsp3) is 0.545. The number of aromatic nitrogens is 3. The van der Waals surface area contributed by atoms with E-state index in [9.17, 15) is 29.0 Å². The Bertz CT molecular complexity index is 1750. The van der Waals surface area contributed by atoms with Gasteiger partial charge in [0.1, 0.15) is 30.5 Å². The molecule has 0 aliphatic carbocycles. The normalized spacial score (nSPS) is 22.5. The van der Waals surface area contributed by atoms with Gasteiger partial charge in [0.2, 0.25) is 0 Å². The van der Waals surface area contributed by atoms with Crippen LogP contribution in [0.1, 0.15) is 45.4 Å². The molecule has 0 saturated carbocycles. The second kappa shape index (κ2) is 15.0. The number of nitrogens with zero attached hydrogens (tertiary/aromatic N) is 5. The number of ether oxygens (including phenoxy) is 3. The fourth-order valence-electron chi connectivity index (χ4n) is 5.44. The summed E-state index contributed by atoms with van der Waals surface area (Å²) in [5.41, 5.74) is 0.619. The summed E-state index contributed by atoms with van der Waals surface area (Å²) in [5.74, 6) is 0. The van der Waals surface area contributed by atoms with E-state index < -0.39 is 56.8 Å². The Morgan fingerprint density at radius 2 is 1.79 bits per heavy atom. The lowest BCUT2D eigenvalue weighted by molar-refractivity contribution is -0.292. The van der Waals surface area contributed by atoms with E-state index in [0.29, 0.717) is 24.1 Å². The Morgan fingerprint density at radius 3 is 2.46 bits per heavy atom. The summed E-state index contributed by atoms with van der Waals surface area (Å²) in [6.45, 7) is 7.48. The molecule has 4 rings (SSSR count). The fourth-order valence-corrected chi connectivity index (χ4v) is 6.79. The summed E-state index contributed by atoms with van der Waals surface area (Å²) in [4.78, 5) is 1.61. The lowest BCUT2D eigenvalue weighted by atomic mass is 9.99. The maximum Gasteiger partial charge on any atom is 0.251 e. The highest BCUT2D eigenvalue weighted by Gasteiger charge is 2.44. The average Bonchev–Trinajstić information content (AvgIpc) is 3.44. The molecule has 0 bridgehead atoms. The number of aliphatic hydroxyl groups excluding tert-OH is 3. The molecule has 0 radical (unpaired) electrons. The SMILES string of the molecule is COC1OC(Cn2cc(CC(C)(C)OCCC(C)(C)NS(=O)(=O)C(C#N)=Cc3ccc4cc(N(C)C)ccc4c3)nn2)C(O)C(O)C1O. The summed E-state index contributed by atoms with van der Waals surface area (Å²) in [6, 6.07) is 13.3. The van der Waals surface area contributed by atoms with E-state index in [1.807, 2.05) is 69.2 Å². The van der Waals surface area contributed by atoms with Crippen LogP contribution in [0.4, 0.5) is 5.69 Å².